The van der Waals surface area contributed by atoms with Gasteiger partial charge in [0.15, 0.2) is 0 Å². The molecule has 162 valence electrons. The van der Waals surface area contributed by atoms with Gasteiger partial charge in [-0.25, -0.2) is 4.79 Å². The van der Waals surface area contributed by atoms with E-state index in [0.29, 0.717) is 24.7 Å². The second-order valence-electron chi connectivity index (χ2n) is 8.51. The predicted molar refractivity (Wildman–Crippen MR) is 129 cm³/mol. The quantitative estimate of drug-likeness (QED) is 0.593. The molecule has 5 rings (SSSR count). The SMILES string of the molecule is O=C(Nc1ccccc1)N1CC2CC(C1)c1c(C=Cc3ccc(Cl)cc3)ccc(=O)n1C2. The number of likely N-dealkylation sites (tertiary alicyclic amines) is 1. The highest BCUT2D eigenvalue weighted by molar-refractivity contribution is 6.30. The number of fused-ring (bicyclic) bond motifs is 4. The number of aromatic nitrogens is 1. The number of rotatable bonds is 3. The predicted octanol–water partition coefficient (Wildman–Crippen LogP) is 5.32. The standard InChI is InChI=1S/C26H24ClN3O2/c27-22-11-7-18(8-12-22)6-9-20-10-13-24(31)30-16-19-14-21(25(20)30)17-29(15-19)26(32)28-23-4-2-1-3-5-23/h1-13,19,21H,14-17H2,(H,28,32). The van der Waals surface area contributed by atoms with Crippen LogP contribution < -0.4 is 10.9 Å². The first-order valence-corrected chi connectivity index (χ1v) is 11.2. The summed E-state index contributed by atoms with van der Waals surface area (Å²) in [6.45, 7) is 1.90. The van der Waals surface area contributed by atoms with Crippen LogP contribution in [0.15, 0.2) is 71.5 Å². The largest absolute Gasteiger partial charge is 0.324 e. The monoisotopic (exact) mass is 445 g/mol. The summed E-state index contributed by atoms with van der Waals surface area (Å²) in [5.74, 6) is 0.402. The summed E-state index contributed by atoms with van der Waals surface area (Å²) >= 11 is 5.99. The maximum Gasteiger partial charge on any atom is 0.321 e. The van der Waals surface area contributed by atoms with Crippen LogP contribution >= 0.6 is 11.6 Å². The number of halogens is 1. The third kappa shape index (κ3) is 4.21. The van der Waals surface area contributed by atoms with Gasteiger partial charge >= 0.3 is 6.03 Å². The Morgan fingerprint density at radius 3 is 2.50 bits per heavy atom. The lowest BCUT2D eigenvalue weighted by Crippen LogP contribution is -2.50. The summed E-state index contributed by atoms with van der Waals surface area (Å²) < 4.78 is 1.91. The minimum absolute atomic E-state index is 0.0283. The van der Waals surface area contributed by atoms with Crippen LogP contribution in [-0.2, 0) is 6.54 Å². The number of anilines is 1. The van der Waals surface area contributed by atoms with Crippen LogP contribution in [0.3, 0.4) is 0 Å². The number of carbonyl (C=O) groups excluding carboxylic acids is 1. The molecule has 1 aromatic heterocycles. The van der Waals surface area contributed by atoms with E-state index in [9.17, 15) is 9.59 Å². The molecule has 0 spiro atoms. The van der Waals surface area contributed by atoms with Gasteiger partial charge in [0.1, 0.15) is 0 Å². The van der Waals surface area contributed by atoms with E-state index in [0.717, 1.165) is 28.9 Å². The van der Waals surface area contributed by atoms with Gasteiger partial charge in [-0.2, -0.15) is 0 Å². The van der Waals surface area contributed by atoms with Gasteiger partial charge < -0.3 is 14.8 Å². The van der Waals surface area contributed by atoms with Crippen molar-refractivity contribution < 1.29 is 4.79 Å². The van der Waals surface area contributed by atoms with Gasteiger partial charge in [0.05, 0.1) is 0 Å². The lowest BCUT2D eigenvalue weighted by atomic mass is 9.81. The summed E-state index contributed by atoms with van der Waals surface area (Å²) in [7, 11) is 0. The van der Waals surface area contributed by atoms with Gasteiger partial charge in [0.2, 0.25) is 0 Å². The number of benzene rings is 2. The molecule has 1 fully saturated rings. The molecule has 6 heteroatoms. The number of carbonyl (C=O) groups is 1. The lowest BCUT2D eigenvalue weighted by molar-refractivity contribution is 0.139. The first-order chi connectivity index (χ1) is 15.6. The Morgan fingerprint density at radius 2 is 1.72 bits per heavy atom. The molecular formula is C26H24ClN3O2. The van der Waals surface area contributed by atoms with Crippen molar-refractivity contribution in [3.63, 3.8) is 0 Å². The van der Waals surface area contributed by atoms with Gasteiger partial charge in [-0.1, -0.05) is 54.1 Å². The number of nitrogens with one attached hydrogen (secondary N) is 1. The first-order valence-electron chi connectivity index (χ1n) is 10.9. The molecule has 2 bridgehead atoms. The van der Waals surface area contributed by atoms with E-state index >= 15 is 0 Å². The summed E-state index contributed by atoms with van der Waals surface area (Å²) in [6.07, 6.45) is 5.07. The van der Waals surface area contributed by atoms with Gasteiger partial charge in [0, 0.05) is 48.0 Å². The van der Waals surface area contributed by atoms with Crippen molar-refractivity contribution in [3.8, 4) is 0 Å². The van der Waals surface area contributed by atoms with Gasteiger partial charge in [-0.15, -0.1) is 0 Å². The van der Waals surface area contributed by atoms with Crippen LogP contribution in [0.1, 0.15) is 29.2 Å². The molecule has 1 N–H and O–H groups in total. The smallest absolute Gasteiger partial charge is 0.321 e. The van der Waals surface area contributed by atoms with Crippen molar-refractivity contribution in [2.75, 3.05) is 18.4 Å². The van der Waals surface area contributed by atoms with Crippen molar-refractivity contribution >= 4 is 35.5 Å². The zero-order valence-corrected chi connectivity index (χ0v) is 18.3. The van der Waals surface area contributed by atoms with Crippen molar-refractivity contribution in [3.05, 3.63) is 98.9 Å². The maximum absolute atomic E-state index is 12.9. The van der Waals surface area contributed by atoms with E-state index in [2.05, 4.69) is 11.4 Å². The molecule has 2 aromatic carbocycles. The molecule has 3 heterocycles. The zero-order valence-electron chi connectivity index (χ0n) is 17.6. The van der Waals surface area contributed by atoms with Crippen LogP contribution in [0, 0.1) is 5.92 Å². The van der Waals surface area contributed by atoms with Crippen molar-refractivity contribution in [2.24, 2.45) is 5.92 Å². The maximum atomic E-state index is 12.9. The molecule has 2 aliphatic heterocycles. The van der Waals surface area contributed by atoms with E-state index in [4.69, 9.17) is 11.6 Å². The Morgan fingerprint density at radius 1 is 0.938 bits per heavy atom. The van der Waals surface area contributed by atoms with Crippen molar-refractivity contribution in [1.29, 1.82) is 0 Å². The molecule has 0 saturated carbocycles. The summed E-state index contributed by atoms with van der Waals surface area (Å²) in [5, 5.41) is 3.70. The molecule has 0 aliphatic carbocycles. The highest BCUT2D eigenvalue weighted by atomic mass is 35.5. The number of para-hydroxylation sites is 1. The van der Waals surface area contributed by atoms with Crippen molar-refractivity contribution in [2.45, 2.75) is 18.9 Å². The second kappa shape index (κ2) is 8.67. The second-order valence-corrected chi connectivity index (χ2v) is 8.94. The minimum Gasteiger partial charge on any atom is -0.324 e. The zero-order chi connectivity index (χ0) is 22.1. The number of hydrogen-bond donors (Lipinski definition) is 1. The van der Waals surface area contributed by atoms with Crippen LogP contribution in [0.4, 0.5) is 10.5 Å². The van der Waals surface area contributed by atoms with Crippen LogP contribution in [0.2, 0.25) is 5.02 Å². The molecular weight excluding hydrogens is 422 g/mol. The molecule has 2 unspecified atom stereocenters. The highest BCUT2D eigenvalue weighted by Gasteiger charge is 2.37. The average Bonchev–Trinajstić information content (AvgIpc) is 2.80. The van der Waals surface area contributed by atoms with E-state index in [1.54, 1.807) is 6.07 Å². The molecule has 2 amide bonds. The molecule has 0 radical (unpaired) electrons. The third-order valence-electron chi connectivity index (χ3n) is 6.26. The average molecular weight is 446 g/mol. The number of pyridine rings is 1. The highest BCUT2D eigenvalue weighted by Crippen LogP contribution is 2.37. The molecule has 3 aromatic rings. The van der Waals surface area contributed by atoms with E-state index in [1.807, 2.05) is 76.2 Å². The summed E-state index contributed by atoms with van der Waals surface area (Å²) in [6, 6.07) is 20.6. The number of amides is 2. The molecule has 32 heavy (non-hydrogen) atoms. The van der Waals surface area contributed by atoms with Gasteiger partial charge in [-0.3, -0.25) is 4.79 Å². The number of urea groups is 1. The summed E-state index contributed by atoms with van der Waals surface area (Å²) in [5.41, 5.74) is 3.90. The fourth-order valence-corrected chi connectivity index (χ4v) is 4.96. The van der Waals surface area contributed by atoms with Crippen LogP contribution in [0.5, 0.6) is 0 Å². The molecule has 2 aliphatic rings. The Balaban J connectivity index is 1.42. The molecule has 5 nitrogen and oxygen atoms in total. The van der Waals surface area contributed by atoms with E-state index < -0.39 is 0 Å². The first kappa shape index (κ1) is 20.6. The number of nitrogens with zero attached hydrogens (tertiary/aromatic N) is 2. The Bertz CT molecular complexity index is 1220. The van der Waals surface area contributed by atoms with Crippen LogP contribution in [-0.4, -0.2) is 28.6 Å². The Kier molecular flexibility index (Phi) is 5.58. The number of hydrogen-bond acceptors (Lipinski definition) is 2. The topological polar surface area (TPSA) is 54.3 Å². The number of piperidine rings is 1. The normalized spacial score (nSPS) is 19.6. The van der Waals surface area contributed by atoms with Gasteiger partial charge in [0.25, 0.3) is 5.56 Å². The van der Waals surface area contributed by atoms with Crippen molar-refractivity contribution in [1.82, 2.24) is 9.47 Å². The lowest BCUT2D eigenvalue weighted by Gasteiger charge is -2.43. The molecule has 1 saturated heterocycles. The summed E-state index contributed by atoms with van der Waals surface area (Å²) in [4.78, 5) is 27.5. The van der Waals surface area contributed by atoms with E-state index in [1.165, 1.54) is 0 Å². The molecule has 2 atom stereocenters. The van der Waals surface area contributed by atoms with E-state index in [-0.39, 0.29) is 23.4 Å². The van der Waals surface area contributed by atoms with Crippen LogP contribution in [0.25, 0.3) is 12.2 Å². The third-order valence-corrected chi connectivity index (χ3v) is 6.51. The fourth-order valence-electron chi connectivity index (χ4n) is 4.84. The Labute approximate surface area is 191 Å². The Hall–Kier alpha value is -3.31. The fraction of sp³-hybridized carbons (Fsp3) is 0.231. The van der Waals surface area contributed by atoms with Gasteiger partial charge in [-0.05, 0) is 53.8 Å². The minimum atomic E-state index is -0.0871.